The van der Waals surface area contributed by atoms with Crippen LogP contribution < -0.4 is 10.6 Å². The van der Waals surface area contributed by atoms with Crippen molar-refractivity contribution >= 4 is 0 Å². The summed E-state index contributed by atoms with van der Waals surface area (Å²) < 4.78 is 0. The molecule has 0 unspecified atom stereocenters. The minimum atomic E-state index is 0.737. The van der Waals surface area contributed by atoms with Crippen LogP contribution in [-0.2, 0) is 6.42 Å². The first-order chi connectivity index (χ1) is 8.59. The van der Waals surface area contributed by atoms with Gasteiger partial charge in [-0.05, 0) is 56.0 Å². The number of rotatable bonds is 8. The third kappa shape index (κ3) is 6.18. The van der Waals surface area contributed by atoms with E-state index in [4.69, 9.17) is 0 Å². The molecule has 18 heavy (non-hydrogen) atoms. The van der Waals surface area contributed by atoms with Crippen molar-refractivity contribution in [2.75, 3.05) is 26.2 Å². The zero-order chi connectivity index (χ0) is 13.4. The Morgan fingerprint density at radius 2 is 1.67 bits per heavy atom. The Labute approximate surface area is 112 Å². The van der Waals surface area contributed by atoms with E-state index in [9.17, 15) is 0 Å². The molecule has 0 saturated carbocycles. The van der Waals surface area contributed by atoms with Gasteiger partial charge in [-0.15, -0.1) is 0 Å². The molecule has 2 nitrogen and oxygen atoms in total. The molecule has 102 valence electrons. The highest BCUT2D eigenvalue weighted by molar-refractivity contribution is 5.29. The average molecular weight is 248 g/mol. The number of aryl methyl sites for hydroxylation is 2. The largest absolute Gasteiger partial charge is 0.315 e. The highest BCUT2D eigenvalue weighted by Gasteiger charge is 1.97. The molecule has 0 heterocycles. The minimum Gasteiger partial charge on any atom is -0.315 e. The molecule has 0 fully saturated rings. The van der Waals surface area contributed by atoms with Crippen LogP contribution in [0, 0.1) is 19.8 Å². The monoisotopic (exact) mass is 248 g/mol. The number of nitrogens with one attached hydrogen (secondary N) is 2. The van der Waals surface area contributed by atoms with E-state index in [1.54, 1.807) is 0 Å². The average Bonchev–Trinajstić information content (AvgIpc) is 2.32. The van der Waals surface area contributed by atoms with Gasteiger partial charge in [0, 0.05) is 13.1 Å². The van der Waals surface area contributed by atoms with Gasteiger partial charge in [0.2, 0.25) is 0 Å². The van der Waals surface area contributed by atoms with Gasteiger partial charge in [-0.2, -0.15) is 0 Å². The summed E-state index contributed by atoms with van der Waals surface area (Å²) in [6.45, 7) is 13.1. The van der Waals surface area contributed by atoms with Gasteiger partial charge in [0.1, 0.15) is 0 Å². The van der Waals surface area contributed by atoms with Gasteiger partial charge >= 0.3 is 0 Å². The van der Waals surface area contributed by atoms with E-state index in [-0.39, 0.29) is 0 Å². The van der Waals surface area contributed by atoms with Crippen LogP contribution in [-0.4, -0.2) is 26.2 Å². The Morgan fingerprint density at radius 3 is 2.33 bits per heavy atom. The van der Waals surface area contributed by atoms with E-state index < -0.39 is 0 Å². The lowest BCUT2D eigenvalue weighted by molar-refractivity contribution is 0.536. The fraction of sp³-hybridized carbons (Fsp3) is 0.625. The molecule has 0 radical (unpaired) electrons. The second kappa shape index (κ2) is 8.28. The maximum atomic E-state index is 3.48. The van der Waals surface area contributed by atoms with Crippen molar-refractivity contribution in [1.29, 1.82) is 0 Å². The van der Waals surface area contributed by atoms with Crippen molar-refractivity contribution in [3.05, 3.63) is 34.9 Å². The fourth-order valence-electron chi connectivity index (χ4n) is 1.88. The SMILES string of the molecule is Cc1ccc(CCNCCNCC(C)C)cc1C. The Balaban J connectivity index is 2.09. The summed E-state index contributed by atoms with van der Waals surface area (Å²) >= 11 is 0. The van der Waals surface area contributed by atoms with E-state index in [1.165, 1.54) is 16.7 Å². The van der Waals surface area contributed by atoms with E-state index >= 15 is 0 Å². The summed E-state index contributed by atoms with van der Waals surface area (Å²) in [7, 11) is 0. The van der Waals surface area contributed by atoms with Crippen molar-refractivity contribution in [1.82, 2.24) is 10.6 Å². The molecular weight excluding hydrogens is 220 g/mol. The molecule has 0 aromatic heterocycles. The molecule has 0 aliphatic heterocycles. The molecule has 2 heteroatoms. The van der Waals surface area contributed by atoms with Crippen molar-refractivity contribution in [3.63, 3.8) is 0 Å². The van der Waals surface area contributed by atoms with Crippen LogP contribution in [0.25, 0.3) is 0 Å². The maximum absolute atomic E-state index is 3.48. The van der Waals surface area contributed by atoms with Gasteiger partial charge in [0.15, 0.2) is 0 Å². The molecule has 1 aromatic rings. The third-order valence-electron chi connectivity index (χ3n) is 3.19. The summed E-state index contributed by atoms with van der Waals surface area (Å²) in [6, 6.07) is 6.75. The van der Waals surface area contributed by atoms with Crippen LogP contribution in [0.1, 0.15) is 30.5 Å². The van der Waals surface area contributed by atoms with Gasteiger partial charge in [-0.25, -0.2) is 0 Å². The Morgan fingerprint density at radius 1 is 0.944 bits per heavy atom. The Hall–Kier alpha value is -0.860. The molecular formula is C16H28N2. The zero-order valence-electron chi connectivity index (χ0n) is 12.3. The van der Waals surface area contributed by atoms with Crippen molar-refractivity contribution in [3.8, 4) is 0 Å². The first-order valence-electron chi connectivity index (χ1n) is 7.07. The maximum Gasteiger partial charge on any atom is 0.00768 e. The summed E-state index contributed by atoms with van der Waals surface area (Å²) in [5, 5.41) is 6.92. The standard InChI is InChI=1S/C16H28N2/c1-13(2)12-18-10-9-17-8-7-16-6-5-14(3)15(4)11-16/h5-6,11,13,17-18H,7-10,12H2,1-4H3. The van der Waals surface area contributed by atoms with Crippen LogP contribution in [0.5, 0.6) is 0 Å². The van der Waals surface area contributed by atoms with Gasteiger partial charge in [0.05, 0.1) is 0 Å². The van der Waals surface area contributed by atoms with Crippen molar-refractivity contribution < 1.29 is 0 Å². The van der Waals surface area contributed by atoms with Gasteiger partial charge in [-0.1, -0.05) is 32.0 Å². The Bertz CT molecular complexity index is 345. The number of hydrogen-bond acceptors (Lipinski definition) is 2. The highest BCUT2D eigenvalue weighted by atomic mass is 14.9. The van der Waals surface area contributed by atoms with Crippen LogP contribution in [0.2, 0.25) is 0 Å². The number of benzene rings is 1. The molecule has 0 saturated heterocycles. The van der Waals surface area contributed by atoms with E-state index in [2.05, 4.69) is 56.5 Å². The summed E-state index contributed by atoms with van der Waals surface area (Å²) in [6.07, 6.45) is 1.12. The fourth-order valence-corrected chi connectivity index (χ4v) is 1.88. The molecule has 0 amide bonds. The van der Waals surface area contributed by atoms with Gasteiger partial charge < -0.3 is 10.6 Å². The molecule has 0 aliphatic carbocycles. The summed E-state index contributed by atoms with van der Waals surface area (Å²) in [5.74, 6) is 0.737. The molecule has 1 aromatic carbocycles. The lowest BCUT2D eigenvalue weighted by Gasteiger charge is -2.09. The van der Waals surface area contributed by atoms with Gasteiger partial charge in [0.25, 0.3) is 0 Å². The van der Waals surface area contributed by atoms with Crippen molar-refractivity contribution in [2.45, 2.75) is 34.1 Å². The summed E-state index contributed by atoms with van der Waals surface area (Å²) in [5.41, 5.74) is 4.21. The van der Waals surface area contributed by atoms with E-state index in [0.29, 0.717) is 0 Å². The second-order valence-electron chi connectivity index (χ2n) is 5.52. The quantitative estimate of drug-likeness (QED) is 0.691. The first-order valence-corrected chi connectivity index (χ1v) is 7.07. The van der Waals surface area contributed by atoms with E-state index in [1.807, 2.05) is 0 Å². The van der Waals surface area contributed by atoms with Gasteiger partial charge in [-0.3, -0.25) is 0 Å². The smallest absolute Gasteiger partial charge is 0.00768 e. The van der Waals surface area contributed by atoms with Crippen LogP contribution in [0.4, 0.5) is 0 Å². The minimum absolute atomic E-state index is 0.737. The predicted molar refractivity (Wildman–Crippen MR) is 80.2 cm³/mol. The highest BCUT2D eigenvalue weighted by Crippen LogP contribution is 2.09. The number of hydrogen-bond donors (Lipinski definition) is 2. The second-order valence-corrected chi connectivity index (χ2v) is 5.52. The van der Waals surface area contributed by atoms with E-state index in [0.717, 1.165) is 38.5 Å². The zero-order valence-corrected chi connectivity index (χ0v) is 12.3. The molecule has 0 spiro atoms. The third-order valence-corrected chi connectivity index (χ3v) is 3.19. The molecule has 0 atom stereocenters. The molecule has 1 rings (SSSR count). The molecule has 0 bridgehead atoms. The van der Waals surface area contributed by atoms with Crippen LogP contribution in [0.3, 0.4) is 0 Å². The summed E-state index contributed by atoms with van der Waals surface area (Å²) in [4.78, 5) is 0. The van der Waals surface area contributed by atoms with Crippen LogP contribution in [0.15, 0.2) is 18.2 Å². The topological polar surface area (TPSA) is 24.1 Å². The molecule has 2 N–H and O–H groups in total. The Kier molecular flexibility index (Phi) is 6.99. The normalized spacial score (nSPS) is 11.2. The van der Waals surface area contributed by atoms with Crippen molar-refractivity contribution in [2.24, 2.45) is 5.92 Å². The van der Waals surface area contributed by atoms with Crippen LogP contribution >= 0.6 is 0 Å². The molecule has 0 aliphatic rings. The predicted octanol–water partition coefficient (Wildman–Crippen LogP) is 2.68. The first kappa shape index (κ1) is 15.2. The lowest BCUT2D eigenvalue weighted by atomic mass is 10.0. The lowest BCUT2D eigenvalue weighted by Crippen LogP contribution is -2.30.